The molecule has 3 rings (SSSR count). The lowest BCUT2D eigenvalue weighted by molar-refractivity contribution is -0.114. The van der Waals surface area contributed by atoms with Gasteiger partial charge in [0.2, 0.25) is 12.1 Å². The third-order valence-electron chi connectivity index (χ3n) is 4.08. The zero-order valence-electron chi connectivity index (χ0n) is 15.1. The molecular weight excluding hydrogens is 429 g/mol. The maximum Gasteiger partial charge on any atom is 0.430 e. The summed E-state index contributed by atoms with van der Waals surface area (Å²) < 4.78 is 11.0. The molecule has 0 radical (unpaired) electrons. The minimum atomic E-state index is -0.816. The lowest BCUT2D eigenvalue weighted by atomic mass is 10.1. The first-order chi connectivity index (χ1) is 13.2. The van der Waals surface area contributed by atoms with Crippen LogP contribution < -0.4 is 15.1 Å². The Kier molecular flexibility index (Phi) is 5.79. The van der Waals surface area contributed by atoms with Gasteiger partial charge in [0, 0.05) is 25.6 Å². The second-order valence-electron chi connectivity index (χ2n) is 5.96. The molecule has 7 nitrogen and oxygen atoms in total. The summed E-state index contributed by atoms with van der Waals surface area (Å²) in [5.74, 6) is 0.102. The molecule has 0 saturated carbocycles. The summed E-state index contributed by atoms with van der Waals surface area (Å²) >= 11 is 18.4. The van der Waals surface area contributed by atoms with Crippen LogP contribution in [0.25, 0.3) is 0 Å². The fraction of sp³-hybridized carbons (Fsp3) is 0.222. The van der Waals surface area contributed by atoms with Gasteiger partial charge in [-0.3, -0.25) is 4.79 Å². The van der Waals surface area contributed by atoms with Crippen LogP contribution in [0.2, 0.25) is 15.1 Å². The van der Waals surface area contributed by atoms with E-state index in [2.05, 4.69) is 5.32 Å². The molecule has 0 aromatic heterocycles. The molecule has 1 aliphatic rings. The SMILES string of the molecule is COc1cc(NC(C)=O)c(Cl)cc1N1C(c2ccc(Cl)c(Cl)c2)OC(=O)N1C. The van der Waals surface area contributed by atoms with Crippen LogP contribution in [0, 0.1) is 0 Å². The van der Waals surface area contributed by atoms with Crippen LogP contribution in [0.1, 0.15) is 18.7 Å². The molecule has 1 atom stereocenters. The van der Waals surface area contributed by atoms with Gasteiger partial charge in [-0.2, -0.15) is 0 Å². The molecule has 1 aliphatic heterocycles. The number of anilines is 2. The molecule has 10 heteroatoms. The number of ether oxygens (including phenoxy) is 2. The van der Waals surface area contributed by atoms with Crippen molar-refractivity contribution in [1.29, 1.82) is 0 Å². The molecule has 2 amide bonds. The predicted molar refractivity (Wildman–Crippen MR) is 108 cm³/mol. The monoisotopic (exact) mass is 443 g/mol. The normalized spacial score (nSPS) is 16.2. The summed E-state index contributed by atoms with van der Waals surface area (Å²) in [6.45, 7) is 1.37. The number of benzene rings is 2. The summed E-state index contributed by atoms with van der Waals surface area (Å²) in [5.41, 5.74) is 1.46. The third-order valence-corrected chi connectivity index (χ3v) is 5.13. The molecule has 1 unspecified atom stereocenters. The first kappa shape index (κ1) is 20.4. The lowest BCUT2D eigenvalue weighted by Gasteiger charge is -2.30. The number of amides is 2. The Morgan fingerprint density at radius 3 is 2.46 bits per heavy atom. The van der Waals surface area contributed by atoms with Gasteiger partial charge in [0.15, 0.2) is 0 Å². The van der Waals surface area contributed by atoms with Gasteiger partial charge in [-0.25, -0.2) is 14.8 Å². The highest BCUT2D eigenvalue weighted by atomic mass is 35.5. The Labute approximate surface area is 176 Å². The largest absolute Gasteiger partial charge is 0.494 e. The van der Waals surface area contributed by atoms with Crippen LogP contribution in [0.4, 0.5) is 16.2 Å². The zero-order valence-corrected chi connectivity index (χ0v) is 17.4. The van der Waals surface area contributed by atoms with Crippen molar-refractivity contribution in [3.05, 3.63) is 51.0 Å². The highest BCUT2D eigenvalue weighted by molar-refractivity contribution is 6.42. The van der Waals surface area contributed by atoms with E-state index in [0.717, 1.165) is 0 Å². The summed E-state index contributed by atoms with van der Waals surface area (Å²) in [4.78, 5) is 23.6. The molecule has 28 heavy (non-hydrogen) atoms. The van der Waals surface area contributed by atoms with E-state index in [-0.39, 0.29) is 10.9 Å². The van der Waals surface area contributed by atoms with Crippen molar-refractivity contribution >= 4 is 58.2 Å². The van der Waals surface area contributed by atoms with E-state index in [0.29, 0.717) is 32.7 Å². The van der Waals surface area contributed by atoms with Gasteiger partial charge < -0.3 is 14.8 Å². The molecule has 2 aromatic rings. The fourth-order valence-electron chi connectivity index (χ4n) is 2.80. The summed E-state index contributed by atoms with van der Waals surface area (Å²) in [5, 5.41) is 6.48. The first-order valence-electron chi connectivity index (χ1n) is 8.06. The molecule has 1 heterocycles. The molecule has 1 fully saturated rings. The highest BCUT2D eigenvalue weighted by Gasteiger charge is 2.40. The Morgan fingerprint density at radius 2 is 1.86 bits per heavy atom. The van der Waals surface area contributed by atoms with Crippen LogP contribution >= 0.6 is 34.8 Å². The average Bonchev–Trinajstić information content (AvgIpc) is 2.93. The molecular formula is C18H16Cl3N3O4. The number of methoxy groups -OCH3 is 1. The molecule has 1 saturated heterocycles. The lowest BCUT2D eigenvalue weighted by Crippen LogP contribution is -2.36. The molecule has 0 spiro atoms. The Morgan fingerprint density at radius 1 is 1.14 bits per heavy atom. The van der Waals surface area contributed by atoms with E-state index in [1.165, 1.54) is 19.0 Å². The van der Waals surface area contributed by atoms with Crippen LogP contribution in [0.5, 0.6) is 5.75 Å². The van der Waals surface area contributed by atoms with Crippen molar-refractivity contribution in [3.63, 3.8) is 0 Å². The fourth-order valence-corrected chi connectivity index (χ4v) is 3.31. The van der Waals surface area contributed by atoms with Gasteiger partial charge in [-0.1, -0.05) is 40.9 Å². The minimum absolute atomic E-state index is 0.270. The summed E-state index contributed by atoms with van der Waals surface area (Å²) in [6.07, 6.45) is -1.39. The number of nitrogens with one attached hydrogen (secondary N) is 1. The van der Waals surface area contributed by atoms with Gasteiger partial charge in [0.25, 0.3) is 0 Å². The van der Waals surface area contributed by atoms with E-state index >= 15 is 0 Å². The molecule has 1 N–H and O–H groups in total. The van der Waals surface area contributed by atoms with Crippen molar-refractivity contribution in [2.45, 2.75) is 13.2 Å². The van der Waals surface area contributed by atoms with Crippen molar-refractivity contribution in [2.75, 3.05) is 24.5 Å². The van der Waals surface area contributed by atoms with Crippen LogP contribution in [0.3, 0.4) is 0 Å². The maximum atomic E-state index is 12.3. The third kappa shape index (κ3) is 3.78. The molecule has 0 bridgehead atoms. The molecule has 2 aromatic carbocycles. The topological polar surface area (TPSA) is 71.1 Å². The number of hydrogen-bond acceptors (Lipinski definition) is 5. The average molecular weight is 445 g/mol. The minimum Gasteiger partial charge on any atom is -0.494 e. The number of rotatable bonds is 4. The van der Waals surface area contributed by atoms with E-state index in [1.54, 1.807) is 42.4 Å². The predicted octanol–water partition coefficient (Wildman–Crippen LogP) is 5.12. The number of halogens is 3. The van der Waals surface area contributed by atoms with Crippen molar-refractivity contribution in [3.8, 4) is 5.75 Å². The van der Waals surface area contributed by atoms with Gasteiger partial charge in [0.05, 0.1) is 27.9 Å². The van der Waals surface area contributed by atoms with Crippen LogP contribution in [0.15, 0.2) is 30.3 Å². The van der Waals surface area contributed by atoms with Crippen molar-refractivity contribution in [2.24, 2.45) is 0 Å². The summed E-state index contributed by atoms with van der Waals surface area (Å²) in [6, 6.07) is 8.09. The van der Waals surface area contributed by atoms with Gasteiger partial charge in [-0.05, 0) is 18.2 Å². The Bertz CT molecular complexity index is 954. The van der Waals surface area contributed by atoms with Crippen molar-refractivity contribution in [1.82, 2.24) is 5.01 Å². The van der Waals surface area contributed by atoms with E-state index < -0.39 is 12.3 Å². The maximum absolute atomic E-state index is 12.3. The zero-order chi connectivity index (χ0) is 20.6. The standard InChI is InChI=1S/C18H16Cl3N3O4/c1-9(25)22-14-8-16(27-3)15(7-13(14)21)24-17(28-18(26)23(24)2)10-4-5-11(19)12(20)6-10/h4-8,17H,1-3H3,(H,22,25). The number of hydrogen-bond donors (Lipinski definition) is 1. The van der Waals surface area contributed by atoms with Gasteiger partial charge in [-0.15, -0.1) is 0 Å². The van der Waals surface area contributed by atoms with E-state index in [9.17, 15) is 9.59 Å². The molecule has 0 aliphatic carbocycles. The second kappa shape index (κ2) is 7.95. The van der Waals surface area contributed by atoms with Crippen molar-refractivity contribution < 1.29 is 19.1 Å². The summed E-state index contributed by atoms with van der Waals surface area (Å²) in [7, 11) is 3.02. The first-order valence-corrected chi connectivity index (χ1v) is 9.20. The Hall–Kier alpha value is -2.35. The van der Waals surface area contributed by atoms with Gasteiger partial charge in [0.1, 0.15) is 11.4 Å². The van der Waals surface area contributed by atoms with E-state index in [1.807, 2.05) is 0 Å². The number of carbonyl (C=O) groups is 2. The smallest absolute Gasteiger partial charge is 0.430 e. The highest BCUT2D eigenvalue weighted by Crippen LogP contribution is 2.44. The van der Waals surface area contributed by atoms with Crippen LogP contribution in [-0.4, -0.2) is 31.2 Å². The van der Waals surface area contributed by atoms with Crippen LogP contribution in [-0.2, 0) is 9.53 Å². The van der Waals surface area contributed by atoms with Gasteiger partial charge >= 0.3 is 6.09 Å². The van der Waals surface area contributed by atoms with E-state index in [4.69, 9.17) is 44.3 Å². The number of nitrogens with zero attached hydrogens (tertiary/aromatic N) is 2. The quantitative estimate of drug-likeness (QED) is 0.709. The number of cyclic esters (lactones) is 1. The molecule has 148 valence electrons. The second-order valence-corrected chi connectivity index (χ2v) is 7.18. The number of hydrazine groups is 1. The number of carbonyl (C=O) groups excluding carboxylic acids is 2. The Balaban J connectivity index is 2.10.